The average molecular weight is 337 g/mol. The Morgan fingerprint density at radius 3 is 2.91 bits per heavy atom. The van der Waals surface area contributed by atoms with Crippen molar-refractivity contribution >= 4 is 40.3 Å². The number of aromatic nitrogens is 4. The molecule has 2 aromatic heterocycles. The summed E-state index contributed by atoms with van der Waals surface area (Å²) in [7, 11) is 0. The zero-order chi connectivity index (χ0) is 15.7. The summed E-state index contributed by atoms with van der Waals surface area (Å²) in [4.78, 5) is 24.0. The van der Waals surface area contributed by atoms with Crippen LogP contribution in [-0.2, 0) is 4.74 Å². The highest BCUT2D eigenvalue weighted by Gasteiger charge is 2.14. The first-order chi connectivity index (χ1) is 10.6. The van der Waals surface area contributed by atoms with Gasteiger partial charge in [-0.3, -0.25) is 4.57 Å². The molecule has 0 bridgehead atoms. The molecule has 112 valence electrons. The van der Waals surface area contributed by atoms with Crippen LogP contribution in [0.4, 0.5) is 0 Å². The molecule has 0 radical (unpaired) electrons. The van der Waals surface area contributed by atoms with Gasteiger partial charge in [0.05, 0.1) is 12.2 Å². The number of hydrogen-bond donors (Lipinski definition) is 0. The Morgan fingerprint density at radius 2 is 2.14 bits per heavy atom. The largest absolute Gasteiger partial charge is 0.462 e. The fraction of sp³-hybridized carbons (Fsp3) is 0.143. The SMILES string of the molecule is CCOC(=O)c1cccc(-n2cnc3c(Cl)nc(Cl)nc32)c1. The first-order valence-electron chi connectivity index (χ1n) is 6.44. The molecule has 0 amide bonds. The van der Waals surface area contributed by atoms with Crippen molar-refractivity contribution in [3.05, 3.63) is 46.6 Å². The number of nitrogens with zero attached hydrogens (tertiary/aromatic N) is 4. The van der Waals surface area contributed by atoms with E-state index >= 15 is 0 Å². The van der Waals surface area contributed by atoms with Crippen molar-refractivity contribution < 1.29 is 9.53 Å². The maximum atomic E-state index is 11.8. The molecule has 0 aliphatic carbocycles. The van der Waals surface area contributed by atoms with Gasteiger partial charge in [0.2, 0.25) is 5.28 Å². The number of carbonyl (C=O) groups excluding carboxylic acids is 1. The van der Waals surface area contributed by atoms with Gasteiger partial charge in [-0.2, -0.15) is 4.98 Å². The van der Waals surface area contributed by atoms with Gasteiger partial charge in [-0.1, -0.05) is 17.7 Å². The molecule has 2 heterocycles. The maximum Gasteiger partial charge on any atom is 0.338 e. The molecule has 22 heavy (non-hydrogen) atoms. The minimum Gasteiger partial charge on any atom is -0.462 e. The average Bonchev–Trinajstić information content (AvgIpc) is 2.91. The van der Waals surface area contributed by atoms with E-state index < -0.39 is 0 Å². The second-order valence-electron chi connectivity index (χ2n) is 4.34. The van der Waals surface area contributed by atoms with Gasteiger partial charge in [0, 0.05) is 5.69 Å². The third-order valence-corrected chi connectivity index (χ3v) is 3.39. The number of imidazole rings is 1. The molecule has 8 heteroatoms. The Hall–Kier alpha value is -2.18. The van der Waals surface area contributed by atoms with Crippen molar-refractivity contribution in [3.8, 4) is 5.69 Å². The summed E-state index contributed by atoms with van der Waals surface area (Å²) in [6.45, 7) is 2.07. The molecule has 0 N–H and O–H groups in total. The third kappa shape index (κ3) is 2.63. The van der Waals surface area contributed by atoms with Crippen molar-refractivity contribution in [1.29, 1.82) is 0 Å². The van der Waals surface area contributed by atoms with Crippen LogP contribution in [0.2, 0.25) is 10.4 Å². The van der Waals surface area contributed by atoms with Gasteiger partial charge < -0.3 is 4.74 Å². The summed E-state index contributed by atoms with van der Waals surface area (Å²) in [5.74, 6) is -0.389. The summed E-state index contributed by atoms with van der Waals surface area (Å²) in [6.07, 6.45) is 1.55. The van der Waals surface area contributed by atoms with E-state index in [1.807, 2.05) is 6.07 Å². The second kappa shape index (κ2) is 5.90. The molecule has 0 saturated carbocycles. The van der Waals surface area contributed by atoms with Gasteiger partial charge in [-0.05, 0) is 36.7 Å². The molecule has 0 spiro atoms. The lowest BCUT2D eigenvalue weighted by Crippen LogP contribution is -2.05. The van der Waals surface area contributed by atoms with Crippen LogP contribution in [-0.4, -0.2) is 32.1 Å². The van der Waals surface area contributed by atoms with Crippen LogP contribution in [0.5, 0.6) is 0 Å². The normalized spacial score (nSPS) is 10.9. The van der Waals surface area contributed by atoms with E-state index in [2.05, 4.69) is 15.0 Å². The lowest BCUT2D eigenvalue weighted by molar-refractivity contribution is 0.0526. The van der Waals surface area contributed by atoms with E-state index in [1.54, 1.807) is 36.0 Å². The van der Waals surface area contributed by atoms with Crippen LogP contribution < -0.4 is 0 Å². The zero-order valence-corrected chi connectivity index (χ0v) is 13.0. The smallest absolute Gasteiger partial charge is 0.338 e. The molecule has 0 aliphatic rings. The highest BCUT2D eigenvalue weighted by atomic mass is 35.5. The number of hydrogen-bond acceptors (Lipinski definition) is 5. The minimum absolute atomic E-state index is 0.0285. The van der Waals surface area contributed by atoms with E-state index in [9.17, 15) is 4.79 Å². The van der Waals surface area contributed by atoms with Crippen molar-refractivity contribution in [1.82, 2.24) is 19.5 Å². The maximum absolute atomic E-state index is 11.8. The number of halogens is 2. The van der Waals surface area contributed by atoms with Crippen molar-refractivity contribution in [2.75, 3.05) is 6.61 Å². The molecule has 0 fully saturated rings. The van der Waals surface area contributed by atoms with Gasteiger partial charge in [0.1, 0.15) is 11.8 Å². The summed E-state index contributed by atoms with van der Waals surface area (Å²) >= 11 is 11.8. The van der Waals surface area contributed by atoms with Crippen molar-refractivity contribution in [2.45, 2.75) is 6.92 Å². The van der Waals surface area contributed by atoms with Crippen LogP contribution in [0.1, 0.15) is 17.3 Å². The second-order valence-corrected chi connectivity index (χ2v) is 5.04. The first kappa shape index (κ1) is 14.7. The number of rotatable bonds is 3. The molecule has 6 nitrogen and oxygen atoms in total. The Labute approximate surface area is 135 Å². The van der Waals surface area contributed by atoms with Gasteiger partial charge >= 0.3 is 5.97 Å². The standard InChI is InChI=1S/C14H10Cl2N4O2/c1-2-22-13(21)8-4-3-5-9(6-8)20-7-17-10-11(15)18-14(16)19-12(10)20/h3-7H,2H2,1H3. The van der Waals surface area contributed by atoms with Crippen LogP contribution in [0.25, 0.3) is 16.9 Å². The topological polar surface area (TPSA) is 69.9 Å². The van der Waals surface area contributed by atoms with Gasteiger partial charge in [0.15, 0.2) is 10.8 Å². The lowest BCUT2D eigenvalue weighted by atomic mass is 10.2. The quantitative estimate of drug-likeness (QED) is 0.417. The van der Waals surface area contributed by atoms with Crippen LogP contribution >= 0.6 is 23.2 Å². The summed E-state index contributed by atoms with van der Waals surface area (Å²) in [5.41, 5.74) is 2.03. The van der Waals surface area contributed by atoms with Crippen LogP contribution in [0.15, 0.2) is 30.6 Å². The van der Waals surface area contributed by atoms with Gasteiger partial charge in [-0.15, -0.1) is 0 Å². The molecular formula is C14H10Cl2N4O2. The predicted molar refractivity (Wildman–Crippen MR) is 82.6 cm³/mol. The zero-order valence-electron chi connectivity index (χ0n) is 11.5. The fourth-order valence-electron chi connectivity index (χ4n) is 2.03. The summed E-state index contributed by atoms with van der Waals surface area (Å²) in [6, 6.07) is 6.92. The summed E-state index contributed by atoms with van der Waals surface area (Å²) < 4.78 is 6.67. The Bertz CT molecular complexity index is 863. The number of ether oxygens (including phenoxy) is 1. The predicted octanol–water partition coefficient (Wildman–Crippen LogP) is 3.30. The monoisotopic (exact) mass is 336 g/mol. The summed E-state index contributed by atoms with van der Waals surface area (Å²) in [5, 5.41) is 0.205. The highest BCUT2D eigenvalue weighted by molar-refractivity contribution is 6.35. The molecule has 0 unspecified atom stereocenters. The minimum atomic E-state index is -0.389. The number of carbonyl (C=O) groups is 1. The van der Waals surface area contributed by atoms with E-state index in [-0.39, 0.29) is 16.4 Å². The van der Waals surface area contributed by atoms with Crippen molar-refractivity contribution in [3.63, 3.8) is 0 Å². The Kier molecular flexibility index (Phi) is 3.96. The van der Waals surface area contributed by atoms with Crippen molar-refractivity contribution in [2.24, 2.45) is 0 Å². The van der Waals surface area contributed by atoms with E-state index in [0.717, 1.165) is 0 Å². The number of fused-ring (bicyclic) bond motifs is 1. The van der Waals surface area contributed by atoms with E-state index in [0.29, 0.717) is 29.0 Å². The van der Waals surface area contributed by atoms with E-state index in [1.165, 1.54) is 0 Å². The highest BCUT2D eigenvalue weighted by Crippen LogP contribution is 2.23. The Morgan fingerprint density at radius 1 is 1.32 bits per heavy atom. The van der Waals surface area contributed by atoms with Gasteiger partial charge in [0.25, 0.3) is 0 Å². The molecule has 3 rings (SSSR count). The molecule has 3 aromatic rings. The molecule has 0 atom stereocenters. The molecule has 0 saturated heterocycles. The molecule has 1 aromatic carbocycles. The van der Waals surface area contributed by atoms with Gasteiger partial charge in [-0.25, -0.2) is 14.8 Å². The first-order valence-corrected chi connectivity index (χ1v) is 7.19. The van der Waals surface area contributed by atoms with E-state index in [4.69, 9.17) is 27.9 Å². The fourth-order valence-corrected chi connectivity index (χ4v) is 2.45. The number of esters is 1. The number of benzene rings is 1. The Balaban J connectivity index is 2.12. The molecule has 0 aliphatic heterocycles. The third-order valence-electron chi connectivity index (χ3n) is 2.96. The molecular weight excluding hydrogens is 327 g/mol. The van der Waals surface area contributed by atoms with Crippen LogP contribution in [0.3, 0.4) is 0 Å². The lowest BCUT2D eigenvalue weighted by Gasteiger charge is -2.06. The van der Waals surface area contributed by atoms with Crippen LogP contribution in [0, 0.1) is 0 Å².